The number of nitrogens with zero attached hydrogens (tertiary/aromatic N) is 2. The van der Waals surface area contributed by atoms with Crippen molar-refractivity contribution in [3.8, 4) is 0 Å². The van der Waals surface area contributed by atoms with Crippen LogP contribution in [0.1, 0.15) is 55.1 Å². The highest BCUT2D eigenvalue weighted by atomic mass is 16.2. The fourth-order valence-electron chi connectivity index (χ4n) is 2.62. The van der Waals surface area contributed by atoms with Gasteiger partial charge in [0.2, 0.25) is 0 Å². The summed E-state index contributed by atoms with van der Waals surface area (Å²) >= 11 is 0. The maximum Gasteiger partial charge on any atom is 0.257 e. The number of nitrogens with one attached hydrogen (secondary N) is 1. The van der Waals surface area contributed by atoms with Crippen molar-refractivity contribution in [2.45, 2.75) is 52.0 Å². The second-order valence-electron chi connectivity index (χ2n) is 4.85. The predicted octanol–water partition coefficient (Wildman–Crippen LogP) is 2.51. The number of hydrogen-bond acceptors (Lipinski definition) is 2. The van der Waals surface area contributed by atoms with Gasteiger partial charge in [0.15, 0.2) is 0 Å². The molecule has 1 saturated heterocycles. The van der Waals surface area contributed by atoms with Crippen LogP contribution in [0, 0.1) is 6.92 Å². The Morgan fingerprint density at radius 3 is 3.06 bits per heavy atom. The van der Waals surface area contributed by atoms with Crippen LogP contribution in [0.5, 0.6) is 0 Å². The van der Waals surface area contributed by atoms with Crippen molar-refractivity contribution < 1.29 is 4.79 Å². The van der Waals surface area contributed by atoms with Crippen molar-refractivity contribution in [1.82, 2.24) is 15.1 Å². The predicted molar refractivity (Wildman–Crippen MR) is 66.9 cm³/mol. The molecule has 1 N–H and O–H groups in total. The highest BCUT2D eigenvalue weighted by Crippen LogP contribution is 2.23. The molecule has 1 aromatic heterocycles. The van der Waals surface area contributed by atoms with Crippen LogP contribution in [0.3, 0.4) is 0 Å². The van der Waals surface area contributed by atoms with Crippen LogP contribution in [-0.4, -0.2) is 33.6 Å². The van der Waals surface area contributed by atoms with Crippen molar-refractivity contribution in [2.24, 2.45) is 0 Å². The van der Waals surface area contributed by atoms with Crippen LogP contribution in [0.15, 0.2) is 6.20 Å². The quantitative estimate of drug-likeness (QED) is 0.875. The molecule has 0 bridgehead atoms. The Morgan fingerprint density at radius 2 is 2.41 bits per heavy atom. The van der Waals surface area contributed by atoms with E-state index in [0.29, 0.717) is 6.04 Å². The van der Waals surface area contributed by atoms with E-state index >= 15 is 0 Å². The lowest BCUT2D eigenvalue weighted by atomic mass is 9.97. The largest absolute Gasteiger partial charge is 0.336 e. The average molecular weight is 235 g/mol. The molecule has 1 fully saturated rings. The number of aromatic nitrogens is 2. The molecule has 4 heteroatoms. The van der Waals surface area contributed by atoms with Gasteiger partial charge in [-0.15, -0.1) is 0 Å². The Kier molecular flexibility index (Phi) is 3.82. The van der Waals surface area contributed by atoms with Gasteiger partial charge in [0.25, 0.3) is 5.91 Å². The lowest BCUT2D eigenvalue weighted by Crippen LogP contribution is -2.43. The van der Waals surface area contributed by atoms with Crippen molar-refractivity contribution in [3.63, 3.8) is 0 Å². The third kappa shape index (κ3) is 2.51. The first kappa shape index (κ1) is 12.1. The summed E-state index contributed by atoms with van der Waals surface area (Å²) in [5.41, 5.74) is 1.60. The van der Waals surface area contributed by atoms with E-state index in [1.54, 1.807) is 6.20 Å². The molecular weight excluding hydrogens is 214 g/mol. The number of H-pyrrole nitrogens is 1. The Bertz CT molecular complexity index is 384. The second-order valence-corrected chi connectivity index (χ2v) is 4.85. The van der Waals surface area contributed by atoms with Crippen molar-refractivity contribution in [2.75, 3.05) is 6.54 Å². The standard InChI is InChI=1S/C13H21N3O/c1-3-6-11-7-4-5-8-16(11)13(17)12-9-14-15-10(12)2/h9,11H,3-8H2,1-2H3,(H,14,15). The van der Waals surface area contributed by atoms with Gasteiger partial charge in [0.05, 0.1) is 11.8 Å². The van der Waals surface area contributed by atoms with Crippen LogP contribution in [0.2, 0.25) is 0 Å². The minimum Gasteiger partial charge on any atom is -0.336 e. The molecule has 0 aliphatic carbocycles. The number of carbonyl (C=O) groups is 1. The molecule has 4 nitrogen and oxygen atoms in total. The highest BCUT2D eigenvalue weighted by Gasteiger charge is 2.27. The van der Waals surface area contributed by atoms with Crippen LogP contribution in [0.4, 0.5) is 0 Å². The molecule has 17 heavy (non-hydrogen) atoms. The van der Waals surface area contributed by atoms with E-state index in [1.165, 1.54) is 6.42 Å². The van der Waals surface area contributed by atoms with Gasteiger partial charge in [0, 0.05) is 18.3 Å². The second kappa shape index (κ2) is 5.34. The molecule has 1 aliphatic heterocycles. The number of aryl methyl sites for hydroxylation is 1. The zero-order valence-corrected chi connectivity index (χ0v) is 10.7. The zero-order valence-electron chi connectivity index (χ0n) is 10.7. The van der Waals surface area contributed by atoms with Crippen molar-refractivity contribution in [3.05, 3.63) is 17.5 Å². The minimum atomic E-state index is 0.148. The van der Waals surface area contributed by atoms with E-state index in [1.807, 2.05) is 11.8 Å². The van der Waals surface area contributed by atoms with Gasteiger partial charge in [-0.3, -0.25) is 9.89 Å². The van der Waals surface area contributed by atoms with Gasteiger partial charge < -0.3 is 4.90 Å². The number of carbonyl (C=O) groups excluding carboxylic acids is 1. The number of rotatable bonds is 3. The monoisotopic (exact) mass is 235 g/mol. The van der Waals surface area contributed by atoms with Crippen LogP contribution >= 0.6 is 0 Å². The molecule has 0 spiro atoms. The maximum absolute atomic E-state index is 12.4. The average Bonchev–Trinajstić information content (AvgIpc) is 2.76. The Balaban J connectivity index is 2.14. The third-order valence-corrected chi connectivity index (χ3v) is 3.57. The third-order valence-electron chi connectivity index (χ3n) is 3.57. The van der Waals surface area contributed by atoms with E-state index in [-0.39, 0.29) is 5.91 Å². The first-order valence-corrected chi connectivity index (χ1v) is 6.55. The molecule has 0 aromatic carbocycles. The molecule has 2 heterocycles. The summed E-state index contributed by atoms with van der Waals surface area (Å²) in [6, 6.07) is 0.426. The van der Waals surface area contributed by atoms with E-state index < -0.39 is 0 Å². The van der Waals surface area contributed by atoms with Gasteiger partial charge in [-0.1, -0.05) is 13.3 Å². The first-order chi connectivity index (χ1) is 8.24. The molecule has 1 aliphatic rings. The Labute approximate surface area is 102 Å². The van der Waals surface area contributed by atoms with E-state index in [2.05, 4.69) is 17.1 Å². The lowest BCUT2D eigenvalue weighted by molar-refractivity contribution is 0.0600. The molecule has 1 unspecified atom stereocenters. The SMILES string of the molecule is CCCC1CCCCN1C(=O)c1cn[nH]c1C. The van der Waals surface area contributed by atoms with Crippen LogP contribution in [-0.2, 0) is 0 Å². The summed E-state index contributed by atoms with van der Waals surface area (Å²) in [6.07, 6.45) is 7.43. The fourth-order valence-corrected chi connectivity index (χ4v) is 2.62. The molecule has 0 saturated carbocycles. The summed E-state index contributed by atoms with van der Waals surface area (Å²) in [7, 11) is 0. The number of amides is 1. The lowest BCUT2D eigenvalue weighted by Gasteiger charge is -2.35. The highest BCUT2D eigenvalue weighted by molar-refractivity contribution is 5.95. The van der Waals surface area contributed by atoms with Gasteiger partial charge in [-0.05, 0) is 32.6 Å². The maximum atomic E-state index is 12.4. The normalized spacial score (nSPS) is 20.6. The topological polar surface area (TPSA) is 49.0 Å². The first-order valence-electron chi connectivity index (χ1n) is 6.55. The van der Waals surface area contributed by atoms with Gasteiger partial charge in [-0.25, -0.2) is 0 Å². The van der Waals surface area contributed by atoms with E-state index in [9.17, 15) is 4.79 Å². The molecule has 1 atom stereocenters. The van der Waals surface area contributed by atoms with Gasteiger partial charge in [-0.2, -0.15) is 5.10 Å². The van der Waals surface area contributed by atoms with E-state index in [0.717, 1.165) is 43.5 Å². The number of piperidine rings is 1. The summed E-state index contributed by atoms with van der Waals surface area (Å²) in [5, 5.41) is 6.77. The number of hydrogen-bond donors (Lipinski definition) is 1. The molecular formula is C13H21N3O. The van der Waals surface area contributed by atoms with Crippen molar-refractivity contribution >= 4 is 5.91 Å². The Hall–Kier alpha value is -1.32. The number of likely N-dealkylation sites (tertiary alicyclic amines) is 1. The minimum absolute atomic E-state index is 0.148. The summed E-state index contributed by atoms with van der Waals surface area (Å²) in [4.78, 5) is 14.5. The fraction of sp³-hybridized carbons (Fsp3) is 0.692. The molecule has 94 valence electrons. The summed E-state index contributed by atoms with van der Waals surface area (Å²) in [6.45, 7) is 4.98. The van der Waals surface area contributed by atoms with E-state index in [4.69, 9.17) is 0 Å². The van der Waals surface area contributed by atoms with Gasteiger partial charge in [0.1, 0.15) is 0 Å². The molecule has 1 aromatic rings. The van der Waals surface area contributed by atoms with Crippen LogP contribution < -0.4 is 0 Å². The zero-order chi connectivity index (χ0) is 12.3. The smallest absolute Gasteiger partial charge is 0.257 e. The summed E-state index contributed by atoms with van der Waals surface area (Å²) in [5.74, 6) is 0.148. The van der Waals surface area contributed by atoms with Crippen LogP contribution in [0.25, 0.3) is 0 Å². The summed E-state index contributed by atoms with van der Waals surface area (Å²) < 4.78 is 0. The molecule has 2 rings (SSSR count). The molecule has 1 amide bonds. The number of aromatic amines is 1. The van der Waals surface area contributed by atoms with Crippen molar-refractivity contribution in [1.29, 1.82) is 0 Å². The van der Waals surface area contributed by atoms with Gasteiger partial charge >= 0.3 is 0 Å². The Morgan fingerprint density at radius 1 is 1.59 bits per heavy atom. The molecule has 0 radical (unpaired) electrons.